The molecule has 0 aliphatic rings. The molecular weight excluding hydrogens is 348 g/mol. The van der Waals surface area contributed by atoms with Gasteiger partial charge >= 0.3 is 0 Å². The largest absolute Gasteiger partial charge is 0.489 e. The molecule has 4 rings (SSSR count). The Hall–Kier alpha value is -3.32. The Morgan fingerprint density at radius 3 is 2.65 bits per heavy atom. The molecule has 0 atom stereocenters. The number of ether oxygens (including phenoxy) is 1. The molecule has 6 nitrogen and oxygen atoms in total. The molecule has 0 aliphatic carbocycles. The Morgan fingerprint density at radius 2 is 1.77 bits per heavy atom. The molecule has 0 aliphatic heterocycles. The van der Waals surface area contributed by atoms with E-state index in [1.165, 1.54) is 0 Å². The number of para-hydroxylation sites is 1. The van der Waals surface area contributed by atoms with Crippen LogP contribution in [0.3, 0.4) is 0 Å². The Bertz CT molecular complexity index is 1050. The lowest BCUT2D eigenvalue weighted by molar-refractivity contribution is 0.102. The molecule has 26 heavy (non-hydrogen) atoms. The van der Waals surface area contributed by atoms with E-state index in [-0.39, 0.29) is 5.91 Å². The topological polar surface area (TPSA) is 77.0 Å². The third-order valence-corrected chi connectivity index (χ3v) is 4.49. The van der Waals surface area contributed by atoms with Crippen molar-refractivity contribution in [1.82, 2.24) is 14.3 Å². The Labute approximate surface area is 153 Å². The molecule has 1 N–H and O–H groups in total. The van der Waals surface area contributed by atoms with Crippen molar-refractivity contribution in [3.05, 3.63) is 78.1 Å². The predicted molar refractivity (Wildman–Crippen MR) is 100 cm³/mol. The van der Waals surface area contributed by atoms with Crippen LogP contribution in [0.2, 0.25) is 0 Å². The third kappa shape index (κ3) is 3.38. The second-order valence-electron chi connectivity index (χ2n) is 5.45. The van der Waals surface area contributed by atoms with Crippen molar-refractivity contribution in [3.8, 4) is 5.75 Å². The quantitative estimate of drug-likeness (QED) is 0.582. The number of carbonyl (C=O) groups is 1. The second kappa shape index (κ2) is 7.28. The molecule has 4 aromatic rings. The van der Waals surface area contributed by atoms with E-state index < -0.39 is 0 Å². The summed E-state index contributed by atoms with van der Waals surface area (Å²) in [6, 6.07) is 16.9. The fraction of sp³-hybridized carbons (Fsp3) is 0.0526. The molecule has 7 heteroatoms. The number of aromatic nitrogens is 3. The highest BCUT2D eigenvalue weighted by molar-refractivity contribution is 7.12. The number of carbonyl (C=O) groups excluding carboxylic acids is 1. The smallest absolute Gasteiger partial charge is 0.256 e. The summed E-state index contributed by atoms with van der Waals surface area (Å²) in [7, 11) is 0. The van der Waals surface area contributed by atoms with Crippen LogP contribution < -0.4 is 10.1 Å². The monoisotopic (exact) mass is 362 g/mol. The molecule has 2 aromatic heterocycles. The Kier molecular flexibility index (Phi) is 4.53. The van der Waals surface area contributed by atoms with Crippen molar-refractivity contribution in [2.75, 3.05) is 5.32 Å². The predicted octanol–water partition coefficient (Wildman–Crippen LogP) is 3.92. The second-order valence-corrected chi connectivity index (χ2v) is 6.23. The van der Waals surface area contributed by atoms with E-state index in [0.717, 1.165) is 22.8 Å². The highest BCUT2D eigenvalue weighted by Crippen LogP contribution is 2.25. The lowest BCUT2D eigenvalue weighted by Crippen LogP contribution is -2.14. The van der Waals surface area contributed by atoms with Crippen LogP contribution in [-0.4, -0.2) is 20.2 Å². The summed E-state index contributed by atoms with van der Waals surface area (Å²) in [5, 5.41) is 3.46. The van der Waals surface area contributed by atoms with Crippen molar-refractivity contribution in [2.24, 2.45) is 0 Å². The molecule has 0 radical (unpaired) electrons. The number of hydrogen-bond acceptors (Lipinski definition) is 6. The van der Waals surface area contributed by atoms with Gasteiger partial charge in [0.05, 0.1) is 0 Å². The van der Waals surface area contributed by atoms with Crippen LogP contribution in [0.4, 0.5) is 5.00 Å². The number of fused-ring (bicyclic) bond motifs is 1. The fourth-order valence-corrected chi connectivity index (χ4v) is 3.17. The van der Waals surface area contributed by atoms with Crippen LogP contribution in [0.25, 0.3) is 11.2 Å². The molecule has 0 fully saturated rings. The van der Waals surface area contributed by atoms with Crippen molar-refractivity contribution >= 4 is 33.6 Å². The van der Waals surface area contributed by atoms with Gasteiger partial charge in [-0.15, -0.1) is 0 Å². The molecule has 2 aromatic carbocycles. The zero-order chi connectivity index (χ0) is 17.8. The number of rotatable bonds is 5. The number of hydrogen-bond donors (Lipinski definition) is 1. The summed E-state index contributed by atoms with van der Waals surface area (Å²) in [6.45, 7) is 0.302. The van der Waals surface area contributed by atoms with Crippen LogP contribution >= 0.6 is 11.5 Å². The lowest BCUT2D eigenvalue weighted by atomic mass is 10.1. The van der Waals surface area contributed by atoms with E-state index in [2.05, 4.69) is 19.7 Å². The van der Waals surface area contributed by atoms with Crippen molar-refractivity contribution < 1.29 is 9.53 Å². The van der Waals surface area contributed by atoms with E-state index in [9.17, 15) is 4.79 Å². The van der Waals surface area contributed by atoms with Gasteiger partial charge in [-0.1, -0.05) is 36.4 Å². The van der Waals surface area contributed by atoms with Crippen LogP contribution in [0.15, 0.2) is 67.0 Å². The molecule has 0 unspecified atom stereocenters. The van der Waals surface area contributed by atoms with Crippen LogP contribution in [-0.2, 0) is 6.61 Å². The number of nitrogens with one attached hydrogen (secondary N) is 1. The molecular formula is C19H14N4O2S. The molecule has 0 bridgehead atoms. The van der Waals surface area contributed by atoms with Gasteiger partial charge in [0.15, 0.2) is 5.65 Å². The average molecular weight is 362 g/mol. The summed E-state index contributed by atoms with van der Waals surface area (Å²) < 4.78 is 9.97. The van der Waals surface area contributed by atoms with Gasteiger partial charge in [0, 0.05) is 23.5 Å². The molecule has 1 amide bonds. The minimum absolute atomic E-state index is 0.228. The van der Waals surface area contributed by atoms with E-state index in [4.69, 9.17) is 4.74 Å². The number of anilines is 1. The summed E-state index contributed by atoms with van der Waals surface area (Å²) >= 11 is 1.16. The molecule has 0 saturated carbocycles. The SMILES string of the molecule is O=C(Nc1snc2nccnc12)c1ccccc1COc1ccccc1. The van der Waals surface area contributed by atoms with Crippen molar-refractivity contribution in [2.45, 2.75) is 6.61 Å². The summed E-state index contributed by atoms with van der Waals surface area (Å²) in [5.41, 5.74) is 2.46. The lowest BCUT2D eigenvalue weighted by Gasteiger charge is -2.11. The van der Waals surface area contributed by atoms with Gasteiger partial charge in [-0.2, -0.15) is 4.37 Å². The zero-order valence-electron chi connectivity index (χ0n) is 13.6. The highest BCUT2D eigenvalue weighted by Gasteiger charge is 2.15. The number of benzene rings is 2. The molecule has 128 valence electrons. The number of nitrogens with zero attached hydrogens (tertiary/aromatic N) is 3. The first-order valence-electron chi connectivity index (χ1n) is 7.95. The van der Waals surface area contributed by atoms with Gasteiger partial charge in [0.2, 0.25) is 0 Å². The van der Waals surface area contributed by atoms with Crippen molar-refractivity contribution in [3.63, 3.8) is 0 Å². The van der Waals surface area contributed by atoms with Gasteiger partial charge in [0.25, 0.3) is 5.91 Å². The third-order valence-electron chi connectivity index (χ3n) is 3.74. The maximum atomic E-state index is 12.8. The first-order valence-corrected chi connectivity index (χ1v) is 8.72. The first-order chi connectivity index (χ1) is 12.8. The maximum absolute atomic E-state index is 12.8. The average Bonchev–Trinajstić information content (AvgIpc) is 3.10. The van der Waals surface area contributed by atoms with E-state index in [0.29, 0.717) is 28.3 Å². The Morgan fingerprint density at radius 1 is 1.00 bits per heavy atom. The summed E-state index contributed by atoms with van der Waals surface area (Å²) in [5.74, 6) is 0.528. The van der Waals surface area contributed by atoms with Crippen LogP contribution in [0.1, 0.15) is 15.9 Å². The standard InChI is InChI=1S/C19H14N4O2S/c24-18(22-19-16-17(23-26-19)21-11-10-20-16)15-9-5-4-6-13(15)12-25-14-7-2-1-3-8-14/h1-11H,12H2,(H,22,24). The molecule has 0 saturated heterocycles. The minimum Gasteiger partial charge on any atom is -0.489 e. The zero-order valence-corrected chi connectivity index (χ0v) is 14.4. The van der Waals surface area contributed by atoms with Gasteiger partial charge in [-0.05, 0) is 29.7 Å². The fourth-order valence-electron chi connectivity index (χ4n) is 2.49. The summed E-state index contributed by atoms with van der Waals surface area (Å²) in [4.78, 5) is 21.1. The summed E-state index contributed by atoms with van der Waals surface area (Å²) in [6.07, 6.45) is 3.15. The highest BCUT2D eigenvalue weighted by atomic mass is 32.1. The Balaban J connectivity index is 1.54. The van der Waals surface area contributed by atoms with E-state index in [1.807, 2.05) is 48.5 Å². The van der Waals surface area contributed by atoms with E-state index >= 15 is 0 Å². The number of amides is 1. The van der Waals surface area contributed by atoms with Crippen LogP contribution in [0, 0.1) is 0 Å². The normalized spacial score (nSPS) is 10.6. The van der Waals surface area contributed by atoms with E-state index in [1.54, 1.807) is 18.5 Å². The van der Waals surface area contributed by atoms with Gasteiger partial charge in [-0.25, -0.2) is 9.97 Å². The molecule has 2 heterocycles. The minimum atomic E-state index is -0.228. The molecule has 0 spiro atoms. The van der Waals surface area contributed by atoms with Gasteiger partial charge in [0.1, 0.15) is 22.9 Å². The van der Waals surface area contributed by atoms with Gasteiger partial charge in [-0.3, -0.25) is 4.79 Å². The first kappa shape index (κ1) is 16.2. The van der Waals surface area contributed by atoms with Gasteiger partial charge < -0.3 is 10.1 Å². The maximum Gasteiger partial charge on any atom is 0.256 e. The van der Waals surface area contributed by atoms with Crippen LogP contribution in [0.5, 0.6) is 5.75 Å². The van der Waals surface area contributed by atoms with Crippen molar-refractivity contribution in [1.29, 1.82) is 0 Å².